The van der Waals surface area contributed by atoms with E-state index in [2.05, 4.69) is 58.8 Å². The van der Waals surface area contributed by atoms with Crippen molar-refractivity contribution in [2.75, 3.05) is 13.1 Å². The number of carbonyl (C=O) groups is 4. The number of carboxylic acid groups (broad SMARTS) is 1. The summed E-state index contributed by atoms with van der Waals surface area (Å²) in [6, 6.07) is 0. The average Bonchev–Trinajstić information content (AvgIpc) is 3.43. The highest BCUT2D eigenvalue weighted by Crippen LogP contribution is 2.78. The first-order chi connectivity index (χ1) is 25.8. The van der Waals surface area contributed by atoms with E-state index in [1.807, 2.05) is 48.5 Å². The Morgan fingerprint density at radius 3 is 2.02 bits per heavy atom. The number of alkyl carbamates (subject to hydrolysis) is 1. The fraction of sp³-hybridized carbons (Fsp3) is 0.872. The molecule has 0 aromatic heterocycles. The zero-order valence-electron chi connectivity index (χ0n) is 37.7. The first-order valence-electron chi connectivity index (χ1n) is 22.1. The Morgan fingerprint density at radius 1 is 0.768 bits per heavy atom. The number of amides is 2. The van der Waals surface area contributed by atoms with E-state index in [1.165, 1.54) is 18.4 Å². The van der Waals surface area contributed by atoms with Gasteiger partial charge < -0.3 is 25.2 Å². The van der Waals surface area contributed by atoms with E-state index in [0.717, 1.165) is 51.4 Å². The molecule has 0 aromatic carbocycles. The summed E-state index contributed by atoms with van der Waals surface area (Å²) < 4.78 is 11.6. The third-order valence-electron chi connectivity index (χ3n) is 16.3. The van der Waals surface area contributed by atoms with Crippen LogP contribution in [0, 0.1) is 62.1 Å². The highest BCUT2D eigenvalue weighted by molar-refractivity contribution is 5.77. The first-order valence-corrected chi connectivity index (χ1v) is 22.1. The topological polar surface area (TPSA) is 131 Å². The lowest BCUT2D eigenvalue weighted by Crippen LogP contribution is -2.67. The number of ether oxygens (including phenoxy) is 2. The Morgan fingerprint density at radius 2 is 1.41 bits per heavy atom. The lowest BCUT2D eigenvalue weighted by molar-refractivity contribution is -0.250. The number of allylic oxidation sites excluding steroid dienone is 1. The number of nitrogens with one attached hydrogen (secondary N) is 2. The lowest BCUT2D eigenvalue weighted by Gasteiger charge is -2.73. The van der Waals surface area contributed by atoms with Gasteiger partial charge in [0.15, 0.2) is 0 Å². The Balaban J connectivity index is 0.00000342. The molecule has 0 aromatic rings. The maximum Gasteiger partial charge on any atom is 0.407 e. The van der Waals surface area contributed by atoms with Crippen molar-refractivity contribution in [3.63, 3.8) is 0 Å². The number of carbonyl (C=O) groups excluding carboxylic acids is 3. The fourth-order valence-electron chi connectivity index (χ4n) is 13.9. The molecule has 0 aliphatic heterocycles. The Hall–Kier alpha value is -2.58. The molecular formula is C47H80N2O7. The predicted molar refractivity (Wildman–Crippen MR) is 223 cm³/mol. The normalized spacial score (nSPS) is 37.2. The molecule has 4 unspecified atom stereocenters. The number of fused-ring (bicyclic) bond motifs is 7. The van der Waals surface area contributed by atoms with Crippen LogP contribution in [0.1, 0.15) is 173 Å². The van der Waals surface area contributed by atoms with E-state index < -0.39 is 23.1 Å². The molecule has 5 aliphatic carbocycles. The molecule has 0 spiro atoms. The second-order valence-electron chi connectivity index (χ2n) is 21.8. The van der Waals surface area contributed by atoms with E-state index in [9.17, 15) is 24.3 Å². The minimum absolute atomic E-state index is 0.0380. The number of esters is 1. The quantitative estimate of drug-likeness (QED) is 0.108. The second kappa shape index (κ2) is 16.6. The number of hydrogen-bond acceptors (Lipinski definition) is 6. The largest absolute Gasteiger partial charge is 0.481 e. The van der Waals surface area contributed by atoms with Crippen LogP contribution in [0.25, 0.3) is 0 Å². The van der Waals surface area contributed by atoms with E-state index >= 15 is 0 Å². The highest BCUT2D eigenvalue weighted by atomic mass is 16.6. The monoisotopic (exact) mass is 785 g/mol. The average molecular weight is 785 g/mol. The van der Waals surface area contributed by atoms with E-state index in [1.54, 1.807) is 0 Å². The molecule has 3 N–H and O–H groups in total. The highest BCUT2D eigenvalue weighted by Gasteiger charge is 2.71. The zero-order valence-corrected chi connectivity index (χ0v) is 37.7. The molecule has 0 bridgehead atoms. The number of aliphatic carboxylic acids is 1. The van der Waals surface area contributed by atoms with Crippen molar-refractivity contribution in [2.24, 2.45) is 62.1 Å². The smallest absolute Gasteiger partial charge is 0.407 e. The van der Waals surface area contributed by atoms with Gasteiger partial charge >= 0.3 is 18.0 Å². The van der Waals surface area contributed by atoms with Crippen LogP contribution < -0.4 is 10.6 Å². The van der Waals surface area contributed by atoms with Gasteiger partial charge in [0, 0.05) is 24.9 Å². The van der Waals surface area contributed by atoms with Gasteiger partial charge in [-0.3, -0.25) is 14.4 Å². The number of rotatable bonds is 11. The summed E-state index contributed by atoms with van der Waals surface area (Å²) >= 11 is 0. The summed E-state index contributed by atoms with van der Waals surface area (Å²) in [7, 11) is 0. The summed E-state index contributed by atoms with van der Waals surface area (Å²) in [5.41, 5.74) is 0.248. The lowest BCUT2D eigenvalue weighted by atomic mass is 9.32. The minimum atomic E-state index is -0.894. The zero-order chi connectivity index (χ0) is 42.3. The van der Waals surface area contributed by atoms with Gasteiger partial charge in [-0.15, -0.1) is 0 Å². The van der Waals surface area contributed by atoms with Crippen LogP contribution in [0.15, 0.2) is 12.2 Å². The van der Waals surface area contributed by atoms with E-state index in [0.29, 0.717) is 49.1 Å². The summed E-state index contributed by atoms with van der Waals surface area (Å²) in [5.74, 6) is 1.27. The van der Waals surface area contributed by atoms with Gasteiger partial charge in [0.25, 0.3) is 0 Å². The summed E-state index contributed by atoms with van der Waals surface area (Å²) in [5, 5.41) is 15.2. The summed E-state index contributed by atoms with van der Waals surface area (Å²) in [4.78, 5) is 50.4. The van der Waals surface area contributed by atoms with Crippen molar-refractivity contribution < 1.29 is 33.8 Å². The third kappa shape index (κ3) is 8.87. The van der Waals surface area contributed by atoms with Crippen molar-refractivity contribution in [3.05, 3.63) is 12.2 Å². The van der Waals surface area contributed by atoms with Gasteiger partial charge in [0.1, 0.15) is 11.7 Å². The van der Waals surface area contributed by atoms with Crippen molar-refractivity contribution >= 4 is 23.9 Å². The van der Waals surface area contributed by atoms with Gasteiger partial charge in [-0.1, -0.05) is 74.5 Å². The van der Waals surface area contributed by atoms with Gasteiger partial charge in [0.05, 0.1) is 12.8 Å². The van der Waals surface area contributed by atoms with Crippen molar-refractivity contribution in [1.82, 2.24) is 10.6 Å². The third-order valence-corrected chi connectivity index (χ3v) is 16.3. The molecule has 2 amide bonds. The predicted octanol–water partition coefficient (Wildman–Crippen LogP) is 10.5. The van der Waals surface area contributed by atoms with Crippen LogP contribution in [0.5, 0.6) is 0 Å². The van der Waals surface area contributed by atoms with E-state index in [-0.39, 0.29) is 57.9 Å². The summed E-state index contributed by atoms with van der Waals surface area (Å²) in [6.07, 6.45) is 10.8. The molecular weight excluding hydrogens is 705 g/mol. The molecule has 10 atom stereocenters. The molecule has 0 radical (unpaired) electrons. The van der Waals surface area contributed by atoms with Crippen molar-refractivity contribution in [3.8, 4) is 0 Å². The number of carboxylic acids is 1. The Kier molecular flexibility index (Phi) is 13.7. The van der Waals surface area contributed by atoms with Crippen molar-refractivity contribution in [1.29, 1.82) is 0 Å². The molecule has 0 saturated heterocycles. The minimum Gasteiger partial charge on any atom is -0.481 e. The standard InChI is InChI=1S/C45H74N2O7.C2H6/c1-28(2)29-15-20-45(25-34(48)46-23-24-47-38(52)54-39(3,4)5)22-21-43(11)30(37(29)45)13-14-32-42(10)18-17-33(41(8,9)31(42)16-19-44(32,43)12)53-36(51)27-40(6,7)26-35(49)50;1-2/h29-33,37H,1,13-27H2,2-12H3,(H,46,48)(H,47,52)(H,49,50);1-2H3/t29-,30+,31?,32?,33?,37?,42-,43+,44+,45+;/m0./s1. The molecule has 0 heterocycles. The van der Waals surface area contributed by atoms with Crippen LogP contribution in [-0.2, 0) is 23.9 Å². The first kappa shape index (κ1) is 46.1. The Bertz CT molecular complexity index is 1480. The molecule has 5 saturated carbocycles. The molecule has 5 fully saturated rings. The second-order valence-corrected chi connectivity index (χ2v) is 21.8. The van der Waals surface area contributed by atoms with Crippen LogP contribution in [-0.4, -0.2) is 53.8 Å². The number of hydrogen-bond donors (Lipinski definition) is 3. The molecule has 9 nitrogen and oxygen atoms in total. The van der Waals surface area contributed by atoms with Crippen LogP contribution in [0.2, 0.25) is 0 Å². The SMILES string of the molecule is C=C(C)[C@@H]1CC[C@]2(CC(=O)NCCNC(=O)OC(C)(C)C)CC[C@]3(C)[C@H](CCC4[C@@]5(C)CCC(OC(=O)CC(C)(C)CC(=O)O)C(C)(C)C5CC[C@]43C)C12.CC. The molecule has 9 heteroatoms. The van der Waals surface area contributed by atoms with Crippen molar-refractivity contribution in [2.45, 2.75) is 185 Å². The van der Waals surface area contributed by atoms with Gasteiger partial charge in [-0.05, 0) is 149 Å². The van der Waals surface area contributed by atoms with Crippen LogP contribution in [0.3, 0.4) is 0 Å². The van der Waals surface area contributed by atoms with Crippen LogP contribution in [0.4, 0.5) is 4.79 Å². The van der Waals surface area contributed by atoms with Crippen LogP contribution >= 0.6 is 0 Å². The maximum absolute atomic E-state index is 13.7. The molecule has 56 heavy (non-hydrogen) atoms. The molecule has 5 rings (SSSR count). The van der Waals surface area contributed by atoms with Gasteiger partial charge in [-0.2, -0.15) is 0 Å². The fourth-order valence-corrected chi connectivity index (χ4v) is 13.9. The van der Waals surface area contributed by atoms with E-state index in [4.69, 9.17) is 9.47 Å². The van der Waals surface area contributed by atoms with Gasteiger partial charge in [-0.25, -0.2) is 4.79 Å². The Labute approximate surface area is 340 Å². The molecule has 5 aliphatic rings. The maximum atomic E-state index is 13.7. The van der Waals surface area contributed by atoms with Gasteiger partial charge in [0.2, 0.25) is 5.91 Å². The summed E-state index contributed by atoms with van der Waals surface area (Å²) in [6.45, 7) is 33.0. The molecule has 320 valence electrons.